The maximum absolute atomic E-state index is 13.4. The molecule has 158 valence electrons. The van der Waals surface area contributed by atoms with Crippen LogP contribution in [0.4, 0.5) is 10.2 Å². The second-order valence-electron chi connectivity index (χ2n) is 7.35. The fourth-order valence-electron chi connectivity index (χ4n) is 3.61. The average Bonchev–Trinajstić information content (AvgIpc) is 3.06. The number of benzene rings is 1. The molecule has 10 heteroatoms. The summed E-state index contributed by atoms with van der Waals surface area (Å²) in [7, 11) is -3.52. The minimum absolute atomic E-state index is 0.208. The molecule has 0 spiro atoms. The first-order valence-electron chi connectivity index (χ1n) is 9.65. The van der Waals surface area contributed by atoms with Gasteiger partial charge in [-0.2, -0.15) is 9.40 Å². The first-order valence-corrected chi connectivity index (χ1v) is 11.3. The van der Waals surface area contributed by atoms with Gasteiger partial charge in [-0.1, -0.05) is 12.1 Å². The van der Waals surface area contributed by atoms with E-state index in [9.17, 15) is 12.8 Å². The van der Waals surface area contributed by atoms with E-state index in [-0.39, 0.29) is 5.75 Å². The van der Waals surface area contributed by atoms with Gasteiger partial charge in [0, 0.05) is 37.9 Å². The molecule has 3 aromatic rings. The molecule has 3 heterocycles. The summed E-state index contributed by atoms with van der Waals surface area (Å²) in [6.07, 6.45) is 1.49. The molecular formula is C20H23FN6O2S. The molecule has 0 aliphatic carbocycles. The predicted octanol–water partition coefficient (Wildman–Crippen LogP) is 2.07. The number of rotatable bonds is 5. The van der Waals surface area contributed by atoms with Gasteiger partial charge < -0.3 is 4.90 Å². The predicted molar refractivity (Wildman–Crippen MR) is 111 cm³/mol. The van der Waals surface area contributed by atoms with E-state index in [1.165, 1.54) is 28.8 Å². The lowest BCUT2D eigenvalue weighted by molar-refractivity contribution is 0.383. The summed E-state index contributed by atoms with van der Waals surface area (Å²) >= 11 is 0. The molecule has 0 bridgehead atoms. The maximum Gasteiger partial charge on any atom is 0.218 e. The Morgan fingerprint density at radius 2 is 1.73 bits per heavy atom. The van der Waals surface area contributed by atoms with E-state index >= 15 is 0 Å². The first-order chi connectivity index (χ1) is 14.3. The molecule has 2 aromatic heterocycles. The van der Waals surface area contributed by atoms with Crippen LogP contribution >= 0.6 is 0 Å². The molecule has 4 rings (SSSR count). The van der Waals surface area contributed by atoms with Crippen LogP contribution < -0.4 is 4.90 Å². The van der Waals surface area contributed by atoms with E-state index in [1.54, 1.807) is 10.7 Å². The zero-order chi connectivity index (χ0) is 21.3. The number of hydrogen-bond donors (Lipinski definition) is 0. The molecule has 1 fully saturated rings. The molecule has 8 nitrogen and oxygen atoms in total. The van der Waals surface area contributed by atoms with Crippen molar-refractivity contribution in [3.8, 4) is 5.82 Å². The van der Waals surface area contributed by atoms with Crippen molar-refractivity contribution in [3.05, 3.63) is 65.5 Å². The molecule has 0 radical (unpaired) electrons. The molecule has 0 N–H and O–H groups in total. The second kappa shape index (κ2) is 8.11. The summed E-state index contributed by atoms with van der Waals surface area (Å²) in [4.78, 5) is 10.7. The molecule has 0 saturated carbocycles. The Morgan fingerprint density at radius 3 is 2.40 bits per heavy atom. The number of aryl methyl sites for hydroxylation is 2. The van der Waals surface area contributed by atoms with Gasteiger partial charge in [-0.25, -0.2) is 27.5 Å². The number of anilines is 1. The van der Waals surface area contributed by atoms with Crippen molar-refractivity contribution in [3.63, 3.8) is 0 Å². The highest BCUT2D eigenvalue weighted by Crippen LogP contribution is 2.20. The Bertz CT molecular complexity index is 1160. The van der Waals surface area contributed by atoms with Crippen molar-refractivity contribution in [2.75, 3.05) is 31.1 Å². The molecule has 1 saturated heterocycles. The van der Waals surface area contributed by atoms with Crippen LogP contribution in [0.25, 0.3) is 5.82 Å². The number of halogens is 1. The highest BCUT2D eigenvalue weighted by atomic mass is 32.2. The van der Waals surface area contributed by atoms with Gasteiger partial charge in [0.15, 0.2) is 5.82 Å². The number of hydrogen-bond acceptors (Lipinski definition) is 6. The lowest BCUT2D eigenvalue weighted by Crippen LogP contribution is -2.49. The topological polar surface area (TPSA) is 84.2 Å². The van der Waals surface area contributed by atoms with Crippen molar-refractivity contribution in [2.24, 2.45) is 0 Å². The molecule has 30 heavy (non-hydrogen) atoms. The molecule has 1 aliphatic rings. The van der Waals surface area contributed by atoms with Gasteiger partial charge in [0.2, 0.25) is 10.0 Å². The van der Waals surface area contributed by atoms with Gasteiger partial charge >= 0.3 is 0 Å². The Kier molecular flexibility index (Phi) is 5.52. The first kappa shape index (κ1) is 20.4. The Hall–Kier alpha value is -2.85. The van der Waals surface area contributed by atoms with Gasteiger partial charge in [0.25, 0.3) is 0 Å². The molecular weight excluding hydrogens is 407 g/mol. The third-order valence-corrected chi connectivity index (χ3v) is 6.91. The van der Waals surface area contributed by atoms with Crippen molar-refractivity contribution in [1.82, 2.24) is 24.1 Å². The zero-order valence-corrected chi connectivity index (χ0v) is 17.7. The Balaban J connectivity index is 1.44. The largest absolute Gasteiger partial charge is 0.354 e. The second-order valence-corrected chi connectivity index (χ2v) is 9.31. The summed E-state index contributed by atoms with van der Waals surface area (Å²) in [5, 5.41) is 4.45. The minimum atomic E-state index is -3.52. The normalized spacial score (nSPS) is 15.5. The van der Waals surface area contributed by atoms with Crippen LogP contribution in [0.1, 0.15) is 17.0 Å². The van der Waals surface area contributed by atoms with Gasteiger partial charge in [-0.15, -0.1) is 0 Å². The monoisotopic (exact) mass is 430 g/mol. The van der Waals surface area contributed by atoms with Crippen LogP contribution in [-0.2, 0) is 15.8 Å². The lowest BCUT2D eigenvalue weighted by Gasteiger charge is -2.34. The summed E-state index contributed by atoms with van der Waals surface area (Å²) in [5.74, 6) is 0.761. The van der Waals surface area contributed by atoms with E-state index in [0.717, 1.165) is 17.2 Å². The standard InChI is InChI=1S/C20H23FN6O2S/c1-15-10-16(2)27(24-15)20-12-19(22-14-23-20)25-6-8-26(9-7-25)30(28,29)13-17-4-3-5-18(21)11-17/h3-5,10-12,14H,6-9,13H2,1-2H3. The number of aromatic nitrogens is 4. The Morgan fingerprint density at radius 1 is 1.00 bits per heavy atom. The number of piperazine rings is 1. The highest BCUT2D eigenvalue weighted by molar-refractivity contribution is 7.88. The van der Waals surface area contributed by atoms with Crippen LogP contribution in [0.2, 0.25) is 0 Å². The highest BCUT2D eigenvalue weighted by Gasteiger charge is 2.28. The third kappa shape index (κ3) is 4.34. The van der Waals surface area contributed by atoms with Crippen LogP contribution in [0.3, 0.4) is 0 Å². The zero-order valence-electron chi connectivity index (χ0n) is 16.9. The van der Waals surface area contributed by atoms with Gasteiger partial charge in [0.05, 0.1) is 11.4 Å². The average molecular weight is 431 g/mol. The third-order valence-electron chi connectivity index (χ3n) is 5.06. The molecule has 0 unspecified atom stereocenters. The van der Waals surface area contributed by atoms with E-state index in [1.807, 2.05) is 30.9 Å². The fourth-order valence-corrected chi connectivity index (χ4v) is 5.11. The van der Waals surface area contributed by atoms with E-state index in [0.29, 0.717) is 37.6 Å². The number of nitrogens with zero attached hydrogens (tertiary/aromatic N) is 6. The lowest BCUT2D eigenvalue weighted by atomic mass is 10.2. The summed E-state index contributed by atoms with van der Waals surface area (Å²) < 4.78 is 42.1. The van der Waals surface area contributed by atoms with E-state index in [2.05, 4.69) is 15.1 Å². The van der Waals surface area contributed by atoms with Gasteiger partial charge in [-0.05, 0) is 37.6 Å². The van der Waals surface area contributed by atoms with Crippen molar-refractivity contribution in [2.45, 2.75) is 19.6 Å². The van der Waals surface area contributed by atoms with Crippen LogP contribution in [0, 0.1) is 19.7 Å². The van der Waals surface area contributed by atoms with Gasteiger partial charge in [-0.3, -0.25) is 0 Å². The Labute approximate surface area is 175 Å². The molecule has 0 atom stereocenters. The SMILES string of the molecule is Cc1cc(C)n(-c2cc(N3CCN(S(=O)(=O)Cc4cccc(F)c4)CC3)ncn2)n1. The summed E-state index contributed by atoms with van der Waals surface area (Å²) in [6.45, 7) is 5.60. The van der Waals surface area contributed by atoms with Crippen LogP contribution in [0.15, 0.2) is 42.7 Å². The minimum Gasteiger partial charge on any atom is -0.354 e. The fraction of sp³-hybridized carbons (Fsp3) is 0.350. The molecule has 1 aromatic carbocycles. The van der Waals surface area contributed by atoms with Crippen molar-refractivity contribution >= 4 is 15.8 Å². The summed E-state index contributed by atoms with van der Waals surface area (Å²) in [6, 6.07) is 9.54. The van der Waals surface area contributed by atoms with Crippen molar-refractivity contribution in [1.29, 1.82) is 0 Å². The summed E-state index contributed by atoms with van der Waals surface area (Å²) in [5.41, 5.74) is 2.33. The quantitative estimate of drug-likeness (QED) is 0.616. The van der Waals surface area contributed by atoms with E-state index in [4.69, 9.17) is 0 Å². The molecule has 0 amide bonds. The molecule has 1 aliphatic heterocycles. The maximum atomic E-state index is 13.4. The van der Waals surface area contributed by atoms with Crippen LogP contribution in [-0.4, -0.2) is 58.7 Å². The van der Waals surface area contributed by atoms with Crippen molar-refractivity contribution < 1.29 is 12.8 Å². The van der Waals surface area contributed by atoms with Gasteiger partial charge in [0.1, 0.15) is 18.0 Å². The van der Waals surface area contributed by atoms with Crippen LogP contribution in [0.5, 0.6) is 0 Å². The smallest absolute Gasteiger partial charge is 0.218 e. The number of sulfonamides is 1. The van der Waals surface area contributed by atoms with E-state index < -0.39 is 15.8 Å².